The van der Waals surface area contributed by atoms with Crippen LogP contribution in [0.25, 0.3) is 10.1 Å². The van der Waals surface area contributed by atoms with Crippen molar-refractivity contribution in [3.63, 3.8) is 0 Å². The second-order valence-corrected chi connectivity index (χ2v) is 6.92. The lowest BCUT2D eigenvalue weighted by Gasteiger charge is -2.13. The average molecular weight is 327 g/mol. The fourth-order valence-corrected chi connectivity index (χ4v) is 3.88. The van der Waals surface area contributed by atoms with E-state index in [1.165, 1.54) is 17.4 Å². The smallest absolute Gasteiger partial charge is 0.266 e. The first-order valence-electron chi connectivity index (χ1n) is 7.57. The number of hydrogen-bond donors (Lipinski definition) is 1. The number of benzene rings is 2. The fourth-order valence-electron chi connectivity index (χ4n) is 2.76. The molecular formula is C19H18FNOS. The molecule has 3 rings (SSSR count). The molecule has 1 N–H and O–H groups in total. The first-order valence-corrected chi connectivity index (χ1v) is 8.38. The minimum absolute atomic E-state index is 0.184. The maximum absolute atomic E-state index is 14.0. The third-order valence-electron chi connectivity index (χ3n) is 3.94. The Hall–Kier alpha value is -2.20. The van der Waals surface area contributed by atoms with Gasteiger partial charge in [-0.2, -0.15) is 0 Å². The maximum atomic E-state index is 14.0. The van der Waals surface area contributed by atoms with Crippen LogP contribution in [0.3, 0.4) is 0 Å². The molecule has 0 fully saturated rings. The van der Waals surface area contributed by atoms with Crippen LogP contribution in [0.5, 0.6) is 0 Å². The van der Waals surface area contributed by atoms with Crippen LogP contribution < -0.4 is 5.32 Å². The van der Waals surface area contributed by atoms with Gasteiger partial charge in [0.15, 0.2) is 0 Å². The topological polar surface area (TPSA) is 29.1 Å². The highest BCUT2D eigenvalue weighted by atomic mass is 32.1. The van der Waals surface area contributed by atoms with E-state index in [-0.39, 0.29) is 11.7 Å². The van der Waals surface area contributed by atoms with Gasteiger partial charge in [0, 0.05) is 15.8 Å². The molecule has 0 atom stereocenters. The number of thiophene rings is 1. The van der Waals surface area contributed by atoms with Gasteiger partial charge in [0.1, 0.15) is 5.82 Å². The minimum atomic E-state index is -0.280. The van der Waals surface area contributed by atoms with Crippen LogP contribution in [0.2, 0.25) is 0 Å². The molecule has 1 amide bonds. The first-order chi connectivity index (χ1) is 11.0. The number of amides is 1. The molecule has 0 spiro atoms. The van der Waals surface area contributed by atoms with Crippen LogP contribution in [0.15, 0.2) is 42.5 Å². The minimum Gasteiger partial charge on any atom is -0.321 e. The highest BCUT2D eigenvalue weighted by molar-refractivity contribution is 7.21. The molecule has 1 aromatic heterocycles. The number of para-hydroxylation sites is 1. The number of carbonyl (C=O) groups is 1. The van der Waals surface area contributed by atoms with Crippen molar-refractivity contribution < 1.29 is 9.18 Å². The standard InChI is InChI=1S/C19H18FNOS/c1-11(2)13-7-4-5-9-15(13)21-19(22)18-12(3)17-14(20)8-6-10-16(17)23-18/h4-11H,1-3H3,(H,21,22). The van der Waals surface area contributed by atoms with Gasteiger partial charge >= 0.3 is 0 Å². The van der Waals surface area contributed by atoms with Crippen LogP contribution in [-0.4, -0.2) is 5.91 Å². The Labute approximate surface area is 139 Å². The van der Waals surface area contributed by atoms with Crippen molar-refractivity contribution in [3.8, 4) is 0 Å². The van der Waals surface area contributed by atoms with E-state index in [0.29, 0.717) is 21.7 Å². The van der Waals surface area contributed by atoms with Crippen molar-refractivity contribution in [2.45, 2.75) is 26.7 Å². The second-order valence-electron chi connectivity index (χ2n) is 5.87. The number of aryl methyl sites for hydroxylation is 1. The van der Waals surface area contributed by atoms with E-state index in [1.807, 2.05) is 30.3 Å². The normalized spacial score (nSPS) is 11.2. The summed E-state index contributed by atoms with van der Waals surface area (Å²) in [7, 11) is 0. The summed E-state index contributed by atoms with van der Waals surface area (Å²) in [5, 5.41) is 3.52. The van der Waals surface area contributed by atoms with Gasteiger partial charge in [-0.3, -0.25) is 4.79 Å². The second kappa shape index (κ2) is 6.13. The Kier molecular flexibility index (Phi) is 4.18. The molecule has 0 bridgehead atoms. The van der Waals surface area contributed by atoms with E-state index in [2.05, 4.69) is 19.2 Å². The summed E-state index contributed by atoms with van der Waals surface area (Å²) in [5.41, 5.74) is 2.60. The summed E-state index contributed by atoms with van der Waals surface area (Å²) >= 11 is 1.33. The highest BCUT2D eigenvalue weighted by Crippen LogP contribution is 2.33. The molecule has 0 aliphatic rings. The molecule has 0 saturated heterocycles. The number of halogens is 1. The van der Waals surface area contributed by atoms with E-state index in [4.69, 9.17) is 0 Å². The zero-order valence-electron chi connectivity index (χ0n) is 13.3. The van der Waals surface area contributed by atoms with E-state index in [9.17, 15) is 9.18 Å². The predicted molar refractivity (Wildman–Crippen MR) is 95.0 cm³/mol. The largest absolute Gasteiger partial charge is 0.321 e. The lowest BCUT2D eigenvalue weighted by atomic mass is 10.0. The molecule has 0 radical (unpaired) electrons. The first kappa shape index (κ1) is 15.7. The van der Waals surface area contributed by atoms with Gasteiger partial charge < -0.3 is 5.32 Å². The number of hydrogen-bond acceptors (Lipinski definition) is 2. The quantitative estimate of drug-likeness (QED) is 0.654. The van der Waals surface area contributed by atoms with E-state index >= 15 is 0 Å². The Morgan fingerprint density at radius 1 is 1.13 bits per heavy atom. The molecule has 0 aliphatic carbocycles. The summed E-state index contributed by atoms with van der Waals surface area (Å²) in [4.78, 5) is 13.2. The van der Waals surface area contributed by atoms with Crippen LogP contribution in [0.1, 0.15) is 40.6 Å². The Morgan fingerprint density at radius 2 is 1.87 bits per heavy atom. The highest BCUT2D eigenvalue weighted by Gasteiger charge is 2.19. The van der Waals surface area contributed by atoms with E-state index in [0.717, 1.165) is 16.0 Å². The predicted octanol–water partition coefficient (Wildman–Crippen LogP) is 5.72. The zero-order chi connectivity index (χ0) is 16.6. The molecule has 0 unspecified atom stereocenters. The van der Waals surface area contributed by atoms with Crippen LogP contribution in [0, 0.1) is 12.7 Å². The maximum Gasteiger partial charge on any atom is 0.266 e. The Morgan fingerprint density at radius 3 is 2.57 bits per heavy atom. The Bertz CT molecular complexity index is 882. The van der Waals surface area contributed by atoms with Crippen LogP contribution >= 0.6 is 11.3 Å². The van der Waals surface area contributed by atoms with Gasteiger partial charge in [-0.05, 0) is 42.2 Å². The van der Waals surface area contributed by atoms with Gasteiger partial charge in [-0.1, -0.05) is 38.1 Å². The summed E-state index contributed by atoms with van der Waals surface area (Å²) in [5.74, 6) is -0.151. The molecule has 2 aromatic carbocycles. The number of rotatable bonds is 3. The summed E-state index contributed by atoms with van der Waals surface area (Å²) in [6, 6.07) is 12.7. The van der Waals surface area contributed by atoms with Crippen molar-refractivity contribution >= 4 is 33.0 Å². The lowest BCUT2D eigenvalue weighted by molar-refractivity contribution is 0.103. The Balaban J connectivity index is 1.99. The number of nitrogens with one attached hydrogen (secondary N) is 1. The third kappa shape index (κ3) is 2.86. The molecule has 4 heteroatoms. The average Bonchev–Trinajstić information content (AvgIpc) is 2.86. The summed E-state index contributed by atoms with van der Waals surface area (Å²) < 4.78 is 14.8. The number of carbonyl (C=O) groups excluding carboxylic acids is 1. The van der Waals surface area contributed by atoms with Crippen molar-refractivity contribution in [1.82, 2.24) is 0 Å². The summed E-state index contributed by atoms with van der Waals surface area (Å²) in [6.07, 6.45) is 0. The molecule has 2 nitrogen and oxygen atoms in total. The SMILES string of the molecule is Cc1c(C(=O)Nc2ccccc2C(C)C)sc2cccc(F)c12. The monoisotopic (exact) mass is 327 g/mol. The van der Waals surface area contributed by atoms with Crippen molar-refractivity contribution in [3.05, 3.63) is 64.3 Å². The third-order valence-corrected chi connectivity index (χ3v) is 5.20. The molecule has 0 saturated carbocycles. The van der Waals surface area contributed by atoms with Gasteiger partial charge in [0.05, 0.1) is 4.88 Å². The number of fused-ring (bicyclic) bond motifs is 1. The zero-order valence-corrected chi connectivity index (χ0v) is 14.1. The molecule has 0 aliphatic heterocycles. The van der Waals surface area contributed by atoms with Crippen molar-refractivity contribution in [2.75, 3.05) is 5.32 Å². The van der Waals surface area contributed by atoms with Gasteiger partial charge in [0.2, 0.25) is 0 Å². The number of anilines is 1. The lowest BCUT2D eigenvalue weighted by Crippen LogP contribution is -2.13. The molecule has 118 valence electrons. The van der Waals surface area contributed by atoms with Gasteiger partial charge in [-0.15, -0.1) is 11.3 Å². The van der Waals surface area contributed by atoms with Crippen molar-refractivity contribution in [1.29, 1.82) is 0 Å². The van der Waals surface area contributed by atoms with Crippen molar-refractivity contribution in [2.24, 2.45) is 0 Å². The van der Waals surface area contributed by atoms with Crippen LogP contribution in [-0.2, 0) is 0 Å². The van der Waals surface area contributed by atoms with E-state index < -0.39 is 0 Å². The molecule has 23 heavy (non-hydrogen) atoms. The molecule has 1 heterocycles. The van der Waals surface area contributed by atoms with Gasteiger partial charge in [-0.25, -0.2) is 4.39 Å². The van der Waals surface area contributed by atoms with E-state index in [1.54, 1.807) is 13.0 Å². The molecular weight excluding hydrogens is 309 g/mol. The molecule has 3 aromatic rings. The van der Waals surface area contributed by atoms with Crippen LogP contribution in [0.4, 0.5) is 10.1 Å². The van der Waals surface area contributed by atoms with Gasteiger partial charge in [0.25, 0.3) is 5.91 Å². The fraction of sp³-hybridized carbons (Fsp3) is 0.211. The summed E-state index contributed by atoms with van der Waals surface area (Å²) in [6.45, 7) is 5.97.